The van der Waals surface area contributed by atoms with Gasteiger partial charge >= 0.3 is 0 Å². The number of alkyl halides is 1. The molecule has 5 heteroatoms. The molecule has 1 aromatic heterocycles. The summed E-state index contributed by atoms with van der Waals surface area (Å²) >= 11 is 7.02. The molecule has 17 heavy (non-hydrogen) atoms. The highest BCUT2D eigenvalue weighted by atomic mass is 79.9. The fraction of sp³-hybridized carbons (Fsp3) is 0.583. The summed E-state index contributed by atoms with van der Waals surface area (Å²) in [5.74, 6) is 2.29. The summed E-state index contributed by atoms with van der Waals surface area (Å²) in [6.45, 7) is 4.03. The first-order valence-corrected chi connectivity index (χ1v) is 8.69. The van der Waals surface area contributed by atoms with E-state index in [1.807, 2.05) is 25.6 Å². The number of amides is 1. The van der Waals surface area contributed by atoms with Gasteiger partial charge in [-0.2, -0.15) is 11.8 Å². The zero-order valence-corrected chi connectivity index (χ0v) is 13.2. The van der Waals surface area contributed by atoms with Gasteiger partial charge in [0.25, 0.3) is 5.91 Å². The van der Waals surface area contributed by atoms with Crippen LogP contribution in [0.1, 0.15) is 34.0 Å². The number of hydrogen-bond donors (Lipinski definition) is 1. The minimum Gasteiger partial charge on any atom is -0.346 e. The van der Waals surface area contributed by atoms with Crippen LogP contribution >= 0.6 is 39.0 Å². The van der Waals surface area contributed by atoms with Gasteiger partial charge in [-0.05, 0) is 37.7 Å². The maximum Gasteiger partial charge on any atom is 0.261 e. The number of rotatable bonds is 3. The van der Waals surface area contributed by atoms with Gasteiger partial charge in [0.2, 0.25) is 0 Å². The quantitative estimate of drug-likeness (QED) is 0.858. The average molecular weight is 334 g/mol. The van der Waals surface area contributed by atoms with Crippen LogP contribution in [0.5, 0.6) is 0 Å². The molecule has 0 fully saturated rings. The number of aryl methyl sites for hydroxylation is 1. The van der Waals surface area contributed by atoms with E-state index in [0.29, 0.717) is 0 Å². The van der Waals surface area contributed by atoms with Crippen molar-refractivity contribution in [2.24, 2.45) is 0 Å². The summed E-state index contributed by atoms with van der Waals surface area (Å²) in [4.78, 5) is 14.4. The Hall–Kier alpha value is -0.000000000000000111. The molecule has 2 nitrogen and oxygen atoms in total. The maximum absolute atomic E-state index is 12.1. The van der Waals surface area contributed by atoms with Crippen molar-refractivity contribution in [2.45, 2.75) is 31.6 Å². The second kappa shape index (κ2) is 5.33. The third-order valence-corrected chi connectivity index (χ3v) is 6.28. The lowest BCUT2D eigenvalue weighted by Gasteiger charge is -2.22. The number of carbonyl (C=O) groups is 1. The van der Waals surface area contributed by atoms with Gasteiger partial charge < -0.3 is 5.32 Å². The Morgan fingerprint density at radius 1 is 1.59 bits per heavy atom. The van der Waals surface area contributed by atoms with Gasteiger partial charge in [-0.1, -0.05) is 15.9 Å². The van der Waals surface area contributed by atoms with E-state index in [1.54, 1.807) is 11.3 Å². The lowest BCUT2D eigenvalue weighted by Crippen LogP contribution is -2.44. The highest BCUT2D eigenvalue weighted by Crippen LogP contribution is 2.31. The van der Waals surface area contributed by atoms with Gasteiger partial charge in [-0.3, -0.25) is 4.79 Å². The summed E-state index contributed by atoms with van der Waals surface area (Å²) in [6.07, 6.45) is 1.11. The Bertz CT molecular complexity index is 405. The fourth-order valence-electron chi connectivity index (χ4n) is 1.66. The Morgan fingerprint density at radius 2 is 2.35 bits per heavy atom. The van der Waals surface area contributed by atoms with Crippen LogP contribution in [0, 0.1) is 0 Å². The van der Waals surface area contributed by atoms with Gasteiger partial charge in [0.15, 0.2) is 0 Å². The molecule has 0 aliphatic carbocycles. The Morgan fingerprint density at radius 3 is 3.00 bits per heavy atom. The molecule has 1 aliphatic rings. The van der Waals surface area contributed by atoms with E-state index < -0.39 is 0 Å². The van der Waals surface area contributed by atoms with Crippen molar-refractivity contribution in [1.82, 2.24) is 5.32 Å². The van der Waals surface area contributed by atoms with Crippen molar-refractivity contribution in [3.8, 4) is 0 Å². The molecule has 0 saturated heterocycles. The molecule has 1 aromatic rings. The van der Waals surface area contributed by atoms with Crippen LogP contribution < -0.4 is 5.32 Å². The third-order valence-electron chi connectivity index (χ3n) is 2.64. The number of thiophene rings is 1. The van der Waals surface area contributed by atoms with Crippen molar-refractivity contribution in [2.75, 3.05) is 11.1 Å². The van der Waals surface area contributed by atoms with E-state index in [4.69, 9.17) is 0 Å². The van der Waals surface area contributed by atoms with E-state index in [0.717, 1.165) is 22.4 Å². The number of carbonyl (C=O) groups excluding carboxylic acids is 1. The Labute approximate surface area is 119 Å². The first-order chi connectivity index (χ1) is 8.02. The highest BCUT2D eigenvalue weighted by molar-refractivity contribution is 9.09. The number of nitrogens with one attached hydrogen (secondary N) is 1. The molecule has 0 bridgehead atoms. The molecule has 0 saturated carbocycles. The molecule has 0 spiro atoms. The molecule has 94 valence electrons. The first kappa shape index (κ1) is 13.4. The molecule has 0 unspecified atom stereocenters. The van der Waals surface area contributed by atoms with Crippen molar-refractivity contribution >= 4 is 44.9 Å². The van der Waals surface area contributed by atoms with E-state index >= 15 is 0 Å². The normalized spacial score (nSPS) is 15.5. The smallest absolute Gasteiger partial charge is 0.261 e. The first-order valence-electron chi connectivity index (χ1n) is 5.59. The summed E-state index contributed by atoms with van der Waals surface area (Å²) in [7, 11) is 0. The van der Waals surface area contributed by atoms with Crippen molar-refractivity contribution in [3.63, 3.8) is 0 Å². The summed E-state index contributed by atoms with van der Waals surface area (Å²) < 4.78 is 0. The molecule has 0 radical (unpaired) electrons. The number of hydrogen-bond acceptors (Lipinski definition) is 3. The minimum absolute atomic E-state index is 0.0545. The topological polar surface area (TPSA) is 29.1 Å². The van der Waals surface area contributed by atoms with Crippen molar-refractivity contribution < 1.29 is 4.79 Å². The second-order valence-corrected chi connectivity index (χ2v) is 7.64. The predicted octanol–water partition coefficient (Wildman–Crippen LogP) is 3.44. The molecular formula is C12H16BrNOS2. The molecule has 0 aromatic carbocycles. The van der Waals surface area contributed by atoms with Gasteiger partial charge in [0.05, 0.1) is 4.88 Å². The monoisotopic (exact) mass is 333 g/mol. The molecule has 1 amide bonds. The van der Waals surface area contributed by atoms with Crippen LogP contribution in [0.4, 0.5) is 0 Å². The van der Waals surface area contributed by atoms with Gasteiger partial charge in [-0.15, -0.1) is 11.3 Å². The minimum atomic E-state index is -0.198. The summed E-state index contributed by atoms with van der Waals surface area (Å²) in [5, 5.41) is 3.81. The van der Waals surface area contributed by atoms with Crippen LogP contribution in [0.25, 0.3) is 0 Å². The van der Waals surface area contributed by atoms with Gasteiger partial charge in [-0.25, -0.2) is 0 Å². The summed E-state index contributed by atoms with van der Waals surface area (Å²) in [6, 6.07) is 2.06. The Balaban J connectivity index is 2.12. The summed E-state index contributed by atoms with van der Waals surface area (Å²) in [5.41, 5.74) is 1.16. The molecular weight excluding hydrogens is 318 g/mol. The van der Waals surface area contributed by atoms with Crippen LogP contribution in [0.3, 0.4) is 0 Å². The largest absolute Gasteiger partial charge is 0.346 e. The van der Waals surface area contributed by atoms with Crippen molar-refractivity contribution in [3.05, 3.63) is 21.4 Å². The van der Waals surface area contributed by atoms with E-state index in [-0.39, 0.29) is 11.4 Å². The van der Waals surface area contributed by atoms with E-state index in [9.17, 15) is 4.79 Å². The molecule has 1 N–H and O–H groups in total. The molecule has 1 aliphatic heterocycles. The Kier molecular flexibility index (Phi) is 4.21. The number of halogens is 1. The zero-order chi connectivity index (χ0) is 12.5. The average Bonchev–Trinajstić information content (AvgIpc) is 2.72. The molecule has 2 rings (SSSR count). The van der Waals surface area contributed by atoms with Gasteiger partial charge in [0, 0.05) is 21.5 Å². The van der Waals surface area contributed by atoms with Crippen LogP contribution in [-0.2, 0) is 12.2 Å². The molecule has 0 atom stereocenters. The van der Waals surface area contributed by atoms with Crippen LogP contribution in [-0.4, -0.2) is 22.5 Å². The highest BCUT2D eigenvalue weighted by Gasteiger charge is 2.22. The standard InChI is InChI=1S/C12H16BrNOS2/c1-12(2,7-13)14-11(15)10-5-8-6-16-4-3-9(8)17-10/h5H,3-4,6-7H2,1-2H3,(H,14,15). The fourth-order valence-corrected chi connectivity index (χ4v) is 4.07. The van der Waals surface area contributed by atoms with Crippen molar-refractivity contribution in [1.29, 1.82) is 0 Å². The lowest BCUT2D eigenvalue weighted by molar-refractivity contribution is 0.0925. The SMILES string of the molecule is CC(C)(CBr)NC(=O)c1cc2c(s1)CCSC2. The predicted molar refractivity (Wildman–Crippen MR) is 79.5 cm³/mol. The van der Waals surface area contributed by atoms with Gasteiger partial charge in [0.1, 0.15) is 0 Å². The van der Waals surface area contributed by atoms with Crippen LogP contribution in [0.2, 0.25) is 0 Å². The number of thioether (sulfide) groups is 1. The second-order valence-electron chi connectivity index (χ2n) is 4.83. The molecule has 2 heterocycles. The third kappa shape index (κ3) is 3.26. The number of fused-ring (bicyclic) bond motifs is 1. The van der Waals surface area contributed by atoms with Crippen LogP contribution in [0.15, 0.2) is 6.07 Å². The van der Waals surface area contributed by atoms with E-state index in [1.165, 1.54) is 16.2 Å². The van der Waals surface area contributed by atoms with E-state index in [2.05, 4.69) is 27.3 Å². The maximum atomic E-state index is 12.1. The lowest BCUT2D eigenvalue weighted by atomic mass is 10.1. The zero-order valence-electron chi connectivity index (χ0n) is 10.0.